The van der Waals surface area contributed by atoms with Crippen LogP contribution in [0.1, 0.15) is 64.4 Å². The highest BCUT2D eigenvalue weighted by Crippen LogP contribution is 2.46. The van der Waals surface area contributed by atoms with Gasteiger partial charge in [-0.3, -0.25) is 19.2 Å². The number of nitrogens with zero attached hydrogens (tertiary/aromatic N) is 3. The molecule has 2 heterocycles. The number of nitrogens with one attached hydrogen (secondary N) is 2. The molecule has 4 amide bonds. The molecule has 1 spiro atoms. The largest absolute Gasteiger partial charge is 0.471 e. The monoisotopic (exact) mass is 575 g/mol. The molecule has 4 atom stereocenters. The van der Waals surface area contributed by atoms with Gasteiger partial charge in [0.05, 0.1) is 11.5 Å². The standard InChI is InChI=1S/C29H36F3N5O4/c1-17(2)13-22(36(3)25(39)23(18-9-5-4-6-10-18)35-27(41)29(30,31)32)24(38)37-16-28(14-19(37)15-33)20-11-7-8-12-21(20)34-26(28)40/h7-8,11-12,17-19,22-23H,4-6,9-10,13-14,16H2,1-3H3,(H,34,40)(H,35,41)/t19-,22-,23?,28-/m0/s1. The molecule has 2 N–H and O–H groups in total. The Morgan fingerprint density at radius 1 is 1.20 bits per heavy atom. The van der Waals surface area contributed by atoms with Gasteiger partial charge in [-0.2, -0.15) is 18.4 Å². The lowest BCUT2D eigenvalue weighted by atomic mass is 9.80. The Morgan fingerprint density at radius 2 is 1.85 bits per heavy atom. The van der Waals surface area contributed by atoms with Crippen molar-refractivity contribution >= 4 is 29.3 Å². The number of carbonyl (C=O) groups excluding carboxylic acids is 4. The topological polar surface area (TPSA) is 123 Å². The van der Waals surface area contributed by atoms with Crippen LogP contribution in [-0.4, -0.2) is 71.3 Å². The normalized spacial score (nSPS) is 24.0. The first-order valence-corrected chi connectivity index (χ1v) is 14.1. The number of carbonyl (C=O) groups is 4. The van der Waals surface area contributed by atoms with Gasteiger partial charge >= 0.3 is 12.1 Å². The molecule has 1 aromatic rings. The van der Waals surface area contributed by atoms with Gasteiger partial charge in [0.15, 0.2) is 0 Å². The fraction of sp³-hybridized carbons (Fsp3) is 0.621. The molecule has 9 nitrogen and oxygen atoms in total. The van der Waals surface area contributed by atoms with E-state index >= 15 is 0 Å². The number of alkyl halides is 3. The molecule has 0 bridgehead atoms. The molecule has 222 valence electrons. The molecule has 1 unspecified atom stereocenters. The Hall–Kier alpha value is -3.62. The third-order valence-corrected chi connectivity index (χ3v) is 8.64. The van der Waals surface area contributed by atoms with Crippen molar-refractivity contribution in [3.63, 3.8) is 0 Å². The smallest absolute Gasteiger partial charge is 0.336 e. The lowest BCUT2D eigenvalue weighted by Crippen LogP contribution is -2.59. The number of nitriles is 1. The minimum absolute atomic E-state index is 0.0691. The number of likely N-dealkylation sites (N-methyl/N-ethyl adjacent to an activating group) is 1. The maximum Gasteiger partial charge on any atom is 0.471 e. The first-order valence-electron chi connectivity index (χ1n) is 14.1. The molecule has 41 heavy (non-hydrogen) atoms. The minimum Gasteiger partial charge on any atom is -0.336 e. The van der Waals surface area contributed by atoms with Crippen molar-refractivity contribution in [3.8, 4) is 6.07 Å². The van der Waals surface area contributed by atoms with Crippen LogP contribution in [0.3, 0.4) is 0 Å². The number of fused-ring (bicyclic) bond motifs is 2. The second-order valence-corrected chi connectivity index (χ2v) is 11.8. The van der Waals surface area contributed by atoms with Gasteiger partial charge in [0, 0.05) is 25.7 Å². The highest BCUT2D eigenvalue weighted by Gasteiger charge is 2.57. The van der Waals surface area contributed by atoms with Crippen molar-refractivity contribution in [1.29, 1.82) is 5.26 Å². The van der Waals surface area contributed by atoms with E-state index in [0.29, 0.717) is 24.1 Å². The van der Waals surface area contributed by atoms with Crippen LogP contribution in [0.5, 0.6) is 0 Å². The Morgan fingerprint density at radius 3 is 2.46 bits per heavy atom. The van der Waals surface area contributed by atoms with E-state index in [-0.39, 0.29) is 31.2 Å². The quantitative estimate of drug-likeness (QED) is 0.515. The van der Waals surface area contributed by atoms with Crippen molar-refractivity contribution in [2.75, 3.05) is 18.9 Å². The van der Waals surface area contributed by atoms with Crippen LogP contribution in [0, 0.1) is 23.2 Å². The Labute approximate surface area is 237 Å². The highest BCUT2D eigenvalue weighted by atomic mass is 19.4. The van der Waals surface area contributed by atoms with Crippen LogP contribution < -0.4 is 10.6 Å². The van der Waals surface area contributed by atoms with E-state index in [4.69, 9.17) is 0 Å². The molecular weight excluding hydrogens is 539 g/mol. The zero-order chi connectivity index (χ0) is 30.1. The van der Waals surface area contributed by atoms with E-state index in [1.807, 2.05) is 19.2 Å². The van der Waals surface area contributed by atoms with E-state index in [1.54, 1.807) is 24.3 Å². The molecule has 1 saturated carbocycles. The summed E-state index contributed by atoms with van der Waals surface area (Å²) in [5.41, 5.74) is 0.186. The lowest BCUT2D eigenvalue weighted by Gasteiger charge is -2.37. The van der Waals surface area contributed by atoms with Gasteiger partial charge in [-0.05, 0) is 42.7 Å². The molecule has 1 saturated heterocycles. The number of anilines is 1. The average Bonchev–Trinajstić information content (AvgIpc) is 3.46. The summed E-state index contributed by atoms with van der Waals surface area (Å²) in [6, 6.07) is 5.72. The fourth-order valence-corrected chi connectivity index (χ4v) is 6.49. The summed E-state index contributed by atoms with van der Waals surface area (Å²) in [7, 11) is 1.35. The molecule has 4 rings (SSSR count). The van der Waals surface area contributed by atoms with Crippen molar-refractivity contribution in [1.82, 2.24) is 15.1 Å². The lowest BCUT2D eigenvalue weighted by molar-refractivity contribution is -0.176. The van der Waals surface area contributed by atoms with Crippen LogP contribution in [0.4, 0.5) is 18.9 Å². The predicted molar refractivity (Wildman–Crippen MR) is 143 cm³/mol. The highest BCUT2D eigenvalue weighted by molar-refractivity contribution is 6.07. The molecular formula is C29H36F3N5O4. The number of likely N-dealkylation sites (tertiary alicyclic amines) is 1. The first kappa shape index (κ1) is 30.3. The average molecular weight is 576 g/mol. The summed E-state index contributed by atoms with van der Waals surface area (Å²) in [5.74, 6) is -4.44. The second-order valence-electron chi connectivity index (χ2n) is 11.8. The van der Waals surface area contributed by atoms with E-state index in [0.717, 1.165) is 24.2 Å². The maximum atomic E-state index is 14.1. The summed E-state index contributed by atoms with van der Waals surface area (Å²) < 4.78 is 39.6. The van der Waals surface area contributed by atoms with E-state index in [9.17, 15) is 37.6 Å². The third-order valence-electron chi connectivity index (χ3n) is 8.64. The van der Waals surface area contributed by atoms with Crippen molar-refractivity contribution in [2.45, 2.75) is 88.5 Å². The van der Waals surface area contributed by atoms with Crippen LogP contribution >= 0.6 is 0 Å². The maximum absolute atomic E-state index is 14.1. The molecule has 0 aromatic heterocycles. The Balaban J connectivity index is 1.63. The molecule has 2 fully saturated rings. The van der Waals surface area contributed by atoms with Gasteiger partial charge in [-0.1, -0.05) is 51.3 Å². The van der Waals surface area contributed by atoms with Crippen molar-refractivity contribution in [3.05, 3.63) is 29.8 Å². The second kappa shape index (κ2) is 11.7. The predicted octanol–water partition coefficient (Wildman–Crippen LogP) is 3.50. The van der Waals surface area contributed by atoms with Crippen LogP contribution in [-0.2, 0) is 24.6 Å². The Kier molecular flexibility index (Phi) is 8.66. The first-order chi connectivity index (χ1) is 19.3. The van der Waals surface area contributed by atoms with Crippen LogP contribution in [0.15, 0.2) is 24.3 Å². The molecule has 12 heteroatoms. The number of benzene rings is 1. The summed E-state index contributed by atoms with van der Waals surface area (Å²) in [5, 5.41) is 14.7. The molecule has 1 aromatic carbocycles. The summed E-state index contributed by atoms with van der Waals surface area (Å²) in [4.78, 5) is 55.5. The van der Waals surface area contributed by atoms with Gasteiger partial charge in [0.25, 0.3) is 0 Å². The van der Waals surface area contributed by atoms with Gasteiger partial charge in [0.1, 0.15) is 18.1 Å². The number of amides is 4. The number of para-hydroxylation sites is 1. The number of halogens is 3. The zero-order valence-electron chi connectivity index (χ0n) is 23.5. The molecule has 2 aliphatic heterocycles. The number of rotatable bonds is 7. The number of hydrogen-bond acceptors (Lipinski definition) is 5. The zero-order valence-corrected chi connectivity index (χ0v) is 23.5. The van der Waals surface area contributed by atoms with E-state index in [2.05, 4.69) is 11.4 Å². The molecule has 1 aliphatic carbocycles. The van der Waals surface area contributed by atoms with Gasteiger partial charge < -0.3 is 20.4 Å². The minimum atomic E-state index is -5.17. The van der Waals surface area contributed by atoms with Crippen LogP contribution in [0.25, 0.3) is 0 Å². The summed E-state index contributed by atoms with van der Waals surface area (Å²) in [6.07, 6.45) is -1.63. The summed E-state index contributed by atoms with van der Waals surface area (Å²) in [6.45, 7) is 3.62. The summed E-state index contributed by atoms with van der Waals surface area (Å²) >= 11 is 0. The van der Waals surface area contributed by atoms with E-state index < -0.39 is 53.4 Å². The van der Waals surface area contributed by atoms with Crippen LogP contribution in [0.2, 0.25) is 0 Å². The van der Waals surface area contributed by atoms with Gasteiger partial charge in [-0.15, -0.1) is 0 Å². The fourth-order valence-electron chi connectivity index (χ4n) is 6.49. The Bertz CT molecular complexity index is 1240. The molecule has 0 radical (unpaired) electrons. The molecule has 3 aliphatic rings. The van der Waals surface area contributed by atoms with Crippen molar-refractivity contribution < 1.29 is 32.3 Å². The number of hydrogen-bond donors (Lipinski definition) is 2. The van der Waals surface area contributed by atoms with Crippen molar-refractivity contribution in [2.24, 2.45) is 11.8 Å². The van der Waals surface area contributed by atoms with Gasteiger partial charge in [-0.25, -0.2) is 0 Å². The third kappa shape index (κ3) is 5.90. The van der Waals surface area contributed by atoms with E-state index in [1.165, 1.54) is 11.9 Å². The van der Waals surface area contributed by atoms with Gasteiger partial charge in [0.2, 0.25) is 17.7 Å². The SMILES string of the molecule is CC(C)C[C@@H](C(=O)N1C[C@]2(C[C@H]1C#N)C(=O)Nc1ccccc12)N(C)C(=O)C(NC(=O)C(F)(F)F)C1CCCCC1.